The van der Waals surface area contributed by atoms with Gasteiger partial charge in [-0.25, -0.2) is 0 Å². The monoisotopic (exact) mass is 714 g/mol. The van der Waals surface area contributed by atoms with Crippen LogP contribution in [0.5, 0.6) is 0 Å². The zero-order valence-corrected chi connectivity index (χ0v) is 36.4. The minimum Gasteiger partial charge on any atom is -0.469 e. The average molecular weight is 715 g/mol. The third kappa shape index (κ3) is 18.7. The first-order valence-electron chi connectivity index (χ1n) is 16.1. The number of ether oxygens (including phenoxy) is 2. The van der Waals surface area contributed by atoms with Crippen molar-refractivity contribution in [3.8, 4) is 0 Å². The molecule has 43 heavy (non-hydrogen) atoms. The van der Waals surface area contributed by atoms with Gasteiger partial charge in [0.05, 0.1) is 25.7 Å². The molecule has 0 aromatic heterocycles. The molecule has 0 spiro atoms. The Kier molecular flexibility index (Phi) is 19.0. The summed E-state index contributed by atoms with van der Waals surface area (Å²) in [7, 11) is -12.4. The first-order chi connectivity index (χ1) is 19.5. The molecular formula is C28H66O9Si6. The van der Waals surface area contributed by atoms with Gasteiger partial charge in [0, 0.05) is 6.04 Å². The lowest BCUT2D eigenvalue weighted by molar-refractivity contribution is -0.144. The Morgan fingerprint density at radius 3 is 1.63 bits per heavy atom. The fourth-order valence-electron chi connectivity index (χ4n) is 5.73. The summed E-state index contributed by atoms with van der Waals surface area (Å²) < 4.78 is 44.2. The topological polar surface area (TPSA) is 98.8 Å². The number of unbranched alkanes of at least 4 members (excludes halogenated alkanes) is 6. The van der Waals surface area contributed by atoms with Crippen molar-refractivity contribution >= 4 is 63.5 Å². The minimum absolute atomic E-state index is 0.297. The van der Waals surface area contributed by atoms with Crippen LogP contribution in [0.3, 0.4) is 0 Å². The summed E-state index contributed by atoms with van der Waals surface area (Å²) in [5.74, 6) is -1.06. The normalized spacial score (nSPS) is 17.8. The van der Waals surface area contributed by atoms with E-state index >= 15 is 0 Å². The molecule has 0 fully saturated rings. The Morgan fingerprint density at radius 2 is 1.16 bits per heavy atom. The summed E-state index contributed by atoms with van der Waals surface area (Å²) in [5, 5.41) is 0. The van der Waals surface area contributed by atoms with Crippen LogP contribution in [0.25, 0.3) is 0 Å². The summed E-state index contributed by atoms with van der Waals surface area (Å²) in [6.45, 7) is 26.9. The molecule has 5 unspecified atom stereocenters. The maximum absolute atomic E-state index is 13.4. The number of hydrogen-bond acceptors (Lipinski definition) is 9. The van der Waals surface area contributed by atoms with Gasteiger partial charge in [-0.1, -0.05) is 58.8 Å². The molecule has 0 aliphatic heterocycles. The Bertz CT molecular complexity index is 837. The van der Waals surface area contributed by atoms with Crippen molar-refractivity contribution in [2.75, 3.05) is 14.2 Å². The van der Waals surface area contributed by atoms with Crippen molar-refractivity contribution in [1.82, 2.24) is 0 Å². The van der Waals surface area contributed by atoms with Crippen LogP contribution in [0.4, 0.5) is 0 Å². The smallest absolute Gasteiger partial charge is 0.330 e. The summed E-state index contributed by atoms with van der Waals surface area (Å²) in [4.78, 5) is 26.0. The molecule has 256 valence electrons. The second-order valence-corrected chi connectivity index (χ2v) is 36.6. The van der Waals surface area contributed by atoms with E-state index in [9.17, 15) is 9.59 Å². The van der Waals surface area contributed by atoms with Crippen molar-refractivity contribution in [3.63, 3.8) is 0 Å². The van der Waals surface area contributed by atoms with Crippen LogP contribution in [-0.4, -0.2) is 77.8 Å². The van der Waals surface area contributed by atoms with Crippen LogP contribution in [-0.2, 0) is 39.6 Å². The fourth-order valence-corrected chi connectivity index (χ4v) is 32.8. The first-order valence-corrected chi connectivity index (χ1v) is 32.8. The highest BCUT2D eigenvalue weighted by Crippen LogP contribution is 2.38. The molecular weight excluding hydrogens is 649 g/mol. The van der Waals surface area contributed by atoms with Crippen LogP contribution in [0.2, 0.25) is 83.6 Å². The number of rotatable bonds is 23. The van der Waals surface area contributed by atoms with Crippen molar-refractivity contribution < 1.29 is 39.6 Å². The largest absolute Gasteiger partial charge is 0.469 e. The molecule has 0 aromatic rings. The maximum atomic E-state index is 13.4. The van der Waals surface area contributed by atoms with Crippen molar-refractivity contribution in [2.24, 2.45) is 5.92 Å². The summed E-state index contributed by atoms with van der Waals surface area (Å²) >= 11 is 0. The van der Waals surface area contributed by atoms with Crippen LogP contribution >= 0.6 is 0 Å². The molecule has 0 N–H and O–H groups in total. The van der Waals surface area contributed by atoms with Gasteiger partial charge in [-0.15, -0.1) is 0 Å². The van der Waals surface area contributed by atoms with E-state index in [-0.39, 0.29) is 11.9 Å². The summed E-state index contributed by atoms with van der Waals surface area (Å²) in [5.41, 5.74) is -0.511. The molecule has 0 aliphatic carbocycles. The molecule has 0 saturated carbocycles. The molecule has 0 saturated heterocycles. The van der Waals surface area contributed by atoms with Gasteiger partial charge in [0.15, 0.2) is 16.6 Å². The maximum Gasteiger partial charge on any atom is 0.330 e. The molecule has 0 rings (SSSR count). The Morgan fingerprint density at radius 1 is 0.674 bits per heavy atom. The third-order valence-corrected chi connectivity index (χ3v) is 28.7. The number of hydrogen-bond donors (Lipinski definition) is 0. The molecule has 9 nitrogen and oxygen atoms in total. The Labute approximate surface area is 271 Å². The van der Waals surface area contributed by atoms with Gasteiger partial charge in [0.2, 0.25) is 0 Å². The van der Waals surface area contributed by atoms with Gasteiger partial charge in [-0.3, -0.25) is 9.59 Å². The zero-order chi connectivity index (χ0) is 33.7. The van der Waals surface area contributed by atoms with E-state index in [1.54, 1.807) is 0 Å². The molecule has 0 radical (unpaired) electrons. The predicted octanol–water partition coefficient (Wildman–Crippen LogP) is 7.93. The summed E-state index contributed by atoms with van der Waals surface area (Å²) in [6.07, 6.45) is 8.66. The molecule has 0 bridgehead atoms. The van der Waals surface area contributed by atoms with E-state index in [4.69, 9.17) is 30.0 Å². The molecule has 5 atom stereocenters. The summed E-state index contributed by atoms with van der Waals surface area (Å²) in [6, 6.07) is 0.361. The van der Waals surface area contributed by atoms with Crippen LogP contribution in [0.15, 0.2) is 0 Å². The highest BCUT2D eigenvalue weighted by Gasteiger charge is 2.54. The lowest BCUT2D eigenvalue weighted by Crippen LogP contribution is -2.61. The van der Waals surface area contributed by atoms with E-state index in [1.165, 1.54) is 39.9 Å². The quantitative estimate of drug-likeness (QED) is 0.0594. The second kappa shape index (κ2) is 19.0. The number of esters is 2. The van der Waals surface area contributed by atoms with E-state index in [0.29, 0.717) is 12.5 Å². The lowest BCUT2D eigenvalue weighted by Gasteiger charge is -2.45. The van der Waals surface area contributed by atoms with E-state index in [2.05, 4.69) is 59.3 Å². The van der Waals surface area contributed by atoms with E-state index < -0.39 is 63.1 Å². The molecule has 0 aliphatic rings. The first kappa shape index (κ1) is 43.0. The van der Waals surface area contributed by atoms with E-state index in [1.807, 2.05) is 26.6 Å². The number of methoxy groups -OCH3 is 2. The van der Waals surface area contributed by atoms with Crippen LogP contribution in [0, 0.1) is 5.92 Å². The second-order valence-electron chi connectivity index (χ2n) is 14.5. The SMILES string of the molecule is CCCCCCCCCC(C(=O)OC)[Si](C)(O[Si](C)(C)C)O[Si](C)(CC(C)C(=O)OC)O[SiH](C)O[Si](C)(C)O[Si](C)(C)C. The molecule has 0 aromatic carbocycles. The van der Waals surface area contributed by atoms with Gasteiger partial charge in [0.25, 0.3) is 0 Å². The van der Waals surface area contributed by atoms with Gasteiger partial charge in [-0.2, -0.15) is 0 Å². The number of carbonyl (C=O) groups is 2. The third-order valence-electron chi connectivity index (χ3n) is 6.84. The van der Waals surface area contributed by atoms with Gasteiger partial charge >= 0.3 is 46.9 Å². The van der Waals surface area contributed by atoms with Crippen LogP contribution in [0.1, 0.15) is 65.2 Å². The highest BCUT2D eigenvalue weighted by molar-refractivity contribution is 6.90. The van der Waals surface area contributed by atoms with Gasteiger partial charge < -0.3 is 30.0 Å². The van der Waals surface area contributed by atoms with Crippen molar-refractivity contribution in [1.29, 1.82) is 0 Å². The Hall–Kier alpha value is 0.0413. The van der Waals surface area contributed by atoms with Crippen molar-refractivity contribution in [3.05, 3.63) is 0 Å². The van der Waals surface area contributed by atoms with Gasteiger partial charge in [-0.05, 0) is 78.4 Å². The number of carbonyl (C=O) groups excluding carboxylic acids is 2. The Balaban J connectivity index is 6.37. The lowest BCUT2D eigenvalue weighted by atomic mass is 10.1. The average Bonchev–Trinajstić information content (AvgIpc) is 2.80. The minimum atomic E-state index is -3.26. The van der Waals surface area contributed by atoms with Crippen LogP contribution < -0.4 is 0 Å². The highest BCUT2D eigenvalue weighted by atomic mass is 28.5. The van der Waals surface area contributed by atoms with E-state index in [0.717, 1.165) is 19.3 Å². The molecule has 0 amide bonds. The predicted molar refractivity (Wildman–Crippen MR) is 190 cm³/mol. The van der Waals surface area contributed by atoms with Crippen molar-refractivity contribution in [2.45, 2.75) is 149 Å². The molecule has 0 heterocycles. The fraction of sp³-hybridized carbons (Fsp3) is 0.929. The van der Waals surface area contributed by atoms with Gasteiger partial charge in [0.1, 0.15) is 0 Å². The standard InChI is InChI=1S/C28H66O9Si6/c1-16-17-18-19-20-21-22-23-26(28(30)32-4)43(15,36-40(9,10)11)37-42(14,24-25(2)27(29)31-3)34-38(5)33-41(12,13)35-39(6,7)8/h25-26,38H,16-24H2,1-15H3. The zero-order valence-electron chi connectivity index (χ0n) is 30.3. The molecule has 15 heteroatoms.